The lowest BCUT2D eigenvalue weighted by molar-refractivity contribution is 0.518. The van der Waals surface area contributed by atoms with Gasteiger partial charge >= 0.3 is 0 Å². The monoisotopic (exact) mass is 197 g/mol. The molecule has 0 bridgehead atoms. The molecule has 1 N–H and O–H groups in total. The molecular weight excluding hydrogens is 170 g/mol. The highest BCUT2D eigenvalue weighted by Crippen LogP contribution is 2.09. The summed E-state index contributed by atoms with van der Waals surface area (Å²) < 4.78 is 0. The molecule has 84 valence electrons. The number of rotatable bonds is 10. The SMILES string of the molecule is C=CNC(C)CCCCCCCCC. The van der Waals surface area contributed by atoms with Crippen LogP contribution in [0.3, 0.4) is 0 Å². The zero-order chi connectivity index (χ0) is 10.6. The highest BCUT2D eigenvalue weighted by atomic mass is 14.9. The second-order valence-corrected chi connectivity index (χ2v) is 4.18. The molecule has 0 saturated heterocycles. The van der Waals surface area contributed by atoms with Crippen LogP contribution in [0.5, 0.6) is 0 Å². The van der Waals surface area contributed by atoms with Gasteiger partial charge in [0.15, 0.2) is 0 Å². The van der Waals surface area contributed by atoms with Crippen LogP contribution >= 0.6 is 0 Å². The van der Waals surface area contributed by atoms with Crippen molar-refractivity contribution in [1.29, 1.82) is 0 Å². The van der Waals surface area contributed by atoms with E-state index in [1.165, 1.54) is 51.4 Å². The van der Waals surface area contributed by atoms with Crippen molar-refractivity contribution in [2.45, 2.75) is 71.3 Å². The second kappa shape index (κ2) is 10.6. The van der Waals surface area contributed by atoms with Gasteiger partial charge in [0.2, 0.25) is 0 Å². The summed E-state index contributed by atoms with van der Waals surface area (Å²) in [5.74, 6) is 0. The van der Waals surface area contributed by atoms with Crippen molar-refractivity contribution in [1.82, 2.24) is 5.32 Å². The van der Waals surface area contributed by atoms with Crippen LogP contribution in [0.2, 0.25) is 0 Å². The fraction of sp³-hybridized carbons (Fsp3) is 0.846. The molecule has 1 heteroatoms. The minimum absolute atomic E-state index is 0.600. The van der Waals surface area contributed by atoms with E-state index in [1.54, 1.807) is 6.20 Å². The molecule has 0 aromatic rings. The molecule has 1 atom stereocenters. The molecule has 0 rings (SSSR count). The highest BCUT2D eigenvalue weighted by Gasteiger charge is 1.97. The number of hydrogen-bond donors (Lipinski definition) is 1. The Hall–Kier alpha value is -0.460. The third kappa shape index (κ3) is 9.63. The molecule has 0 aliphatic rings. The Morgan fingerprint density at radius 1 is 1.07 bits per heavy atom. The zero-order valence-corrected chi connectivity index (χ0v) is 10.0. The first-order valence-electron chi connectivity index (χ1n) is 6.18. The van der Waals surface area contributed by atoms with Gasteiger partial charge in [-0.25, -0.2) is 0 Å². The molecule has 0 radical (unpaired) electrons. The van der Waals surface area contributed by atoms with E-state index in [9.17, 15) is 0 Å². The van der Waals surface area contributed by atoms with Gasteiger partial charge in [-0.2, -0.15) is 0 Å². The van der Waals surface area contributed by atoms with Crippen molar-refractivity contribution >= 4 is 0 Å². The van der Waals surface area contributed by atoms with Crippen LogP contribution in [0.4, 0.5) is 0 Å². The fourth-order valence-electron chi connectivity index (χ4n) is 1.69. The van der Waals surface area contributed by atoms with Crippen molar-refractivity contribution in [2.75, 3.05) is 0 Å². The predicted molar refractivity (Wildman–Crippen MR) is 65.4 cm³/mol. The molecule has 0 saturated carbocycles. The molecule has 0 aromatic carbocycles. The van der Waals surface area contributed by atoms with E-state index in [0.29, 0.717) is 6.04 Å². The minimum atomic E-state index is 0.600. The normalized spacial score (nSPS) is 12.4. The third-order valence-corrected chi connectivity index (χ3v) is 2.64. The Bertz CT molecular complexity index is 120. The maximum Gasteiger partial charge on any atom is 0.0227 e. The standard InChI is InChI=1S/C13H27N/c1-4-6-7-8-9-10-11-12-13(3)14-5-2/h5,13-14H,2,4,6-12H2,1,3H3. The van der Waals surface area contributed by atoms with Gasteiger partial charge in [0, 0.05) is 6.04 Å². The topological polar surface area (TPSA) is 12.0 Å². The van der Waals surface area contributed by atoms with Gasteiger partial charge in [-0.05, 0) is 19.5 Å². The molecule has 0 fully saturated rings. The summed E-state index contributed by atoms with van der Waals surface area (Å²) in [7, 11) is 0. The van der Waals surface area contributed by atoms with Crippen LogP contribution in [0.15, 0.2) is 12.8 Å². The second-order valence-electron chi connectivity index (χ2n) is 4.18. The van der Waals surface area contributed by atoms with E-state index in [-0.39, 0.29) is 0 Å². The largest absolute Gasteiger partial charge is 0.389 e. The van der Waals surface area contributed by atoms with E-state index in [4.69, 9.17) is 0 Å². The van der Waals surface area contributed by atoms with Crippen molar-refractivity contribution in [3.05, 3.63) is 12.8 Å². The Kier molecular flexibility index (Phi) is 10.3. The van der Waals surface area contributed by atoms with Crippen molar-refractivity contribution in [3.8, 4) is 0 Å². The summed E-state index contributed by atoms with van der Waals surface area (Å²) in [6.45, 7) is 8.16. The predicted octanol–water partition coefficient (Wildman–Crippen LogP) is 4.25. The molecule has 0 aliphatic heterocycles. The lowest BCUT2D eigenvalue weighted by Gasteiger charge is -2.10. The third-order valence-electron chi connectivity index (χ3n) is 2.64. The number of hydrogen-bond acceptors (Lipinski definition) is 1. The first kappa shape index (κ1) is 13.5. The molecule has 0 amide bonds. The van der Waals surface area contributed by atoms with Gasteiger partial charge < -0.3 is 5.32 Å². The quantitative estimate of drug-likeness (QED) is 0.516. The average Bonchev–Trinajstić information content (AvgIpc) is 2.17. The summed E-state index contributed by atoms with van der Waals surface area (Å²) in [6.07, 6.45) is 12.9. The van der Waals surface area contributed by atoms with Crippen molar-refractivity contribution in [2.24, 2.45) is 0 Å². The van der Waals surface area contributed by atoms with Gasteiger partial charge in [-0.15, -0.1) is 0 Å². The van der Waals surface area contributed by atoms with E-state index in [1.807, 2.05) is 0 Å². The maximum atomic E-state index is 3.67. The summed E-state index contributed by atoms with van der Waals surface area (Å²) in [6, 6.07) is 0.600. The lowest BCUT2D eigenvalue weighted by Crippen LogP contribution is -2.19. The summed E-state index contributed by atoms with van der Waals surface area (Å²) in [4.78, 5) is 0. The molecular formula is C13H27N. The van der Waals surface area contributed by atoms with Crippen molar-refractivity contribution < 1.29 is 0 Å². The van der Waals surface area contributed by atoms with Gasteiger partial charge in [0.1, 0.15) is 0 Å². The molecule has 14 heavy (non-hydrogen) atoms. The van der Waals surface area contributed by atoms with Crippen LogP contribution in [0.25, 0.3) is 0 Å². The molecule has 0 spiro atoms. The first-order valence-corrected chi connectivity index (χ1v) is 6.18. The zero-order valence-electron chi connectivity index (χ0n) is 10.0. The highest BCUT2D eigenvalue weighted by molar-refractivity contribution is 4.69. The van der Waals surface area contributed by atoms with Crippen LogP contribution in [0.1, 0.15) is 65.2 Å². The van der Waals surface area contributed by atoms with Gasteiger partial charge in [0.05, 0.1) is 0 Å². The van der Waals surface area contributed by atoms with Crippen LogP contribution in [-0.2, 0) is 0 Å². The van der Waals surface area contributed by atoms with Crippen molar-refractivity contribution in [3.63, 3.8) is 0 Å². The Labute approximate surface area is 90.0 Å². The lowest BCUT2D eigenvalue weighted by atomic mass is 10.1. The molecule has 0 heterocycles. The maximum absolute atomic E-state index is 3.67. The Morgan fingerprint density at radius 2 is 1.64 bits per heavy atom. The number of nitrogens with one attached hydrogen (secondary N) is 1. The Morgan fingerprint density at radius 3 is 2.21 bits per heavy atom. The summed E-state index contributed by atoms with van der Waals surface area (Å²) in [5, 5.41) is 3.22. The summed E-state index contributed by atoms with van der Waals surface area (Å²) in [5.41, 5.74) is 0. The van der Waals surface area contributed by atoms with E-state index in [2.05, 4.69) is 25.7 Å². The first-order chi connectivity index (χ1) is 6.81. The van der Waals surface area contributed by atoms with E-state index < -0.39 is 0 Å². The van der Waals surface area contributed by atoms with Crippen LogP contribution in [0, 0.1) is 0 Å². The smallest absolute Gasteiger partial charge is 0.0227 e. The molecule has 0 aliphatic carbocycles. The van der Waals surface area contributed by atoms with Crippen LogP contribution < -0.4 is 5.32 Å². The molecule has 1 nitrogen and oxygen atoms in total. The molecule has 1 unspecified atom stereocenters. The van der Waals surface area contributed by atoms with Gasteiger partial charge in [0.25, 0.3) is 0 Å². The summed E-state index contributed by atoms with van der Waals surface area (Å²) >= 11 is 0. The van der Waals surface area contributed by atoms with E-state index in [0.717, 1.165) is 0 Å². The van der Waals surface area contributed by atoms with E-state index >= 15 is 0 Å². The fourth-order valence-corrected chi connectivity index (χ4v) is 1.69. The average molecular weight is 197 g/mol. The minimum Gasteiger partial charge on any atom is -0.389 e. The number of unbranched alkanes of at least 4 members (excludes halogenated alkanes) is 6. The molecule has 0 aromatic heterocycles. The van der Waals surface area contributed by atoms with Gasteiger partial charge in [-0.3, -0.25) is 0 Å². The van der Waals surface area contributed by atoms with Crippen LogP contribution in [-0.4, -0.2) is 6.04 Å². The van der Waals surface area contributed by atoms with Gasteiger partial charge in [-0.1, -0.05) is 58.4 Å². The Balaban J connectivity index is 3.01.